The Kier molecular flexibility index (Phi) is 3.11. The number of ether oxygens (including phenoxy) is 1. The van der Waals surface area contributed by atoms with Crippen LogP contribution in [0.1, 0.15) is 24.7 Å². The van der Waals surface area contributed by atoms with Crippen LogP contribution >= 0.6 is 15.9 Å². The van der Waals surface area contributed by atoms with Gasteiger partial charge in [-0.25, -0.2) is 0 Å². The van der Waals surface area contributed by atoms with E-state index >= 15 is 0 Å². The summed E-state index contributed by atoms with van der Waals surface area (Å²) in [6.45, 7) is 4.79. The van der Waals surface area contributed by atoms with Gasteiger partial charge in [-0.05, 0) is 36.2 Å². The largest absolute Gasteiger partial charge is 0.377 e. The number of rotatable bonds is 2. The first-order valence-electron chi connectivity index (χ1n) is 5.52. The minimum absolute atomic E-state index is 0.106. The minimum atomic E-state index is -0.261. The highest BCUT2D eigenvalue weighted by molar-refractivity contribution is 9.10. The van der Waals surface area contributed by atoms with Gasteiger partial charge in [-0.15, -0.1) is 0 Å². The normalized spacial score (nSPS) is 29.9. The first-order valence-corrected chi connectivity index (χ1v) is 6.32. The smallest absolute Gasteiger partial charge is 0.0738 e. The van der Waals surface area contributed by atoms with Crippen LogP contribution < -0.4 is 5.73 Å². The van der Waals surface area contributed by atoms with Crippen molar-refractivity contribution >= 4 is 15.9 Å². The molecule has 5 heteroatoms. The van der Waals surface area contributed by atoms with Crippen molar-refractivity contribution in [2.75, 3.05) is 6.61 Å². The van der Waals surface area contributed by atoms with Crippen molar-refractivity contribution in [1.29, 1.82) is 0 Å². The van der Waals surface area contributed by atoms with E-state index in [4.69, 9.17) is 10.5 Å². The Morgan fingerprint density at radius 1 is 1.69 bits per heavy atom. The topological polar surface area (TPSA) is 53.1 Å². The van der Waals surface area contributed by atoms with Gasteiger partial charge in [0.05, 0.1) is 22.0 Å². The monoisotopic (exact) mass is 287 g/mol. The zero-order valence-electron chi connectivity index (χ0n) is 9.96. The van der Waals surface area contributed by atoms with Crippen molar-refractivity contribution in [3.63, 3.8) is 0 Å². The second-order valence-corrected chi connectivity index (χ2v) is 5.44. The van der Waals surface area contributed by atoms with E-state index < -0.39 is 0 Å². The molecule has 1 fully saturated rings. The highest BCUT2D eigenvalue weighted by Gasteiger charge is 2.39. The number of hydrogen-bond acceptors (Lipinski definition) is 3. The molecule has 90 valence electrons. The van der Waals surface area contributed by atoms with Crippen LogP contribution in [0.25, 0.3) is 0 Å². The third-order valence-corrected chi connectivity index (χ3v) is 4.53. The van der Waals surface area contributed by atoms with Gasteiger partial charge in [0, 0.05) is 25.6 Å². The van der Waals surface area contributed by atoms with Crippen LogP contribution in [0.15, 0.2) is 4.47 Å². The number of halogens is 1. The molecule has 0 aliphatic carbocycles. The average molecular weight is 288 g/mol. The third kappa shape index (κ3) is 1.92. The van der Waals surface area contributed by atoms with Crippen LogP contribution in [0.3, 0.4) is 0 Å². The molecule has 0 spiro atoms. The SMILES string of the molecule is Cc1nn(C)c(CC2(N)CCOC2C)c1Br. The van der Waals surface area contributed by atoms with Crippen LogP contribution in [0.4, 0.5) is 0 Å². The molecule has 1 aliphatic heterocycles. The second kappa shape index (κ2) is 4.13. The van der Waals surface area contributed by atoms with Crippen molar-refractivity contribution in [2.45, 2.75) is 38.3 Å². The molecule has 2 atom stereocenters. The zero-order chi connectivity index (χ0) is 11.9. The Morgan fingerprint density at radius 3 is 2.81 bits per heavy atom. The minimum Gasteiger partial charge on any atom is -0.377 e. The quantitative estimate of drug-likeness (QED) is 0.898. The number of aryl methyl sites for hydroxylation is 2. The van der Waals surface area contributed by atoms with E-state index in [9.17, 15) is 0 Å². The van der Waals surface area contributed by atoms with E-state index in [2.05, 4.69) is 21.0 Å². The Hall–Kier alpha value is -0.390. The molecule has 2 N–H and O–H groups in total. The predicted molar refractivity (Wildman–Crippen MR) is 66.3 cm³/mol. The Balaban J connectivity index is 2.26. The van der Waals surface area contributed by atoms with Crippen LogP contribution in [0.2, 0.25) is 0 Å². The lowest BCUT2D eigenvalue weighted by Gasteiger charge is -2.27. The summed E-state index contributed by atoms with van der Waals surface area (Å²) in [7, 11) is 1.96. The van der Waals surface area contributed by atoms with E-state index in [-0.39, 0.29) is 11.6 Å². The molecule has 0 amide bonds. The van der Waals surface area contributed by atoms with Gasteiger partial charge in [-0.1, -0.05) is 0 Å². The molecule has 4 nitrogen and oxygen atoms in total. The summed E-state index contributed by atoms with van der Waals surface area (Å²) < 4.78 is 8.53. The van der Waals surface area contributed by atoms with E-state index in [1.807, 2.05) is 25.6 Å². The molecule has 0 saturated carbocycles. The molecule has 16 heavy (non-hydrogen) atoms. The lowest BCUT2D eigenvalue weighted by Crippen LogP contribution is -2.48. The van der Waals surface area contributed by atoms with Crippen molar-refractivity contribution < 1.29 is 4.74 Å². The van der Waals surface area contributed by atoms with Gasteiger partial charge >= 0.3 is 0 Å². The fraction of sp³-hybridized carbons (Fsp3) is 0.727. The number of nitrogens with zero attached hydrogens (tertiary/aromatic N) is 2. The van der Waals surface area contributed by atoms with E-state index in [0.29, 0.717) is 0 Å². The number of hydrogen-bond donors (Lipinski definition) is 1. The molecular weight excluding hydrogens is 270 g/mol. The summed E-state index contributed by atoms with van der Waals surface area (Å²) in [5.41, 5.74) is 8.29. The van der Waals surface area contributed by atoms with Gasteiger partial charge in [0.1, 0.15) is 0 Å². The van der Waals surface area contributed by atoms with Crippen LogP contribution in [0.5, 0.6) is 0 Å². The van der Waals surface area contributed by atoms with Crippen LogP contribution in [0, 0.1) is 6.92 Å². The lowest BCUT2D eigenvalue weighted by atomic mass is 9.88. The number of nitrogens with two attached hydrogens (primary N) is 1. The van der Waals surface area contributed by atoms with Crippen molar-refractivity contribution in [3.8, 4) is 0 Å². The molecule has 1 aromatic rings. The standard InChI is InChI=1S/C11H18BrN3O/c1-7-10(12)9(15(3)14-7)6-11(13)4-5-16-8(11)2/h8H,4-6,13H2,1-3H3. The summed E-state index contributed by atoms with van der Waals surface area (Å²) >= 11 is 3.57. The average Bonchev–Trinajstić information content (AvgIpc) is 2.64. The fourth-order valence-corrected chi connectivity index (χ4v) is 2.69. The molecule has 2 heterocycles. The van der Waals surface area contributed by atoms with E-state index in [0.717, 1.165) is 35.3 Å². The van der Waals surface area contributed by atoms with Gasteiger partial charge in [0.15, 0.2) is 0 Å². The van der Waals surface area contributed by atoms with E-state index in [1.54, 1.807) is 0 Å². The zero-order valence-corrected chi connectivity index (χ0v) is 11.5. The first-order chi connectivity index (χ1) is 7.44. The Bertz CT molecular complexity index is 404. The maximum absolute atomic E-state index is 6.39. The molecule has 1 aliphatic rings. The maximum atomic E-state index is 6.39. The lowest BCUT2D eigenvalue weighted by molar-refractivity contribution is 0.0949. The summed E-state index contributed by atoms with van der Waals surface area (Å²) in [6.07, 6.45) is 1.81. The molecule has 1 aromatic heterocycles. The first kappa shape index (κ1) is 12.1. The van der Waals surface area contributed by atoms with Crippen molar-refractivity contribution in [3.05, 3.63) is 15.9 Å². The summed E-state index contributed by atoms with van der Waals surface area (Å²) in [4.78, 5) is 0. The third-order valence-electron chi connectivity index (χ3n) is 3.50. The highest BCUT2D eigenvalue weighted by Crippen LogP contribution is 2.30. The van der Waals surface area contributed by atoms with Gasteiger partial charge in [0.25, 0.3) is 0 Å². The van der Waals surface area contributed by atoms with Gasteiger partial charge in [0.2, 0.25) is 0 Å². The Labute approximate surface area is 104 Å². The van der Waals surface area contributed by atoms with E-state index in [1.165, 1.54) is 0 Å². The molecule has 2 unspecified atom stereocenters. The van der Waals surface area contributed by atoms with Crippen molar-refractivity contribution in [1.82, 2.24) is 9.78 Å². The molecule has 0 aromatic carbocycles. The van der Waals surface area contributed by atoms with Gasteiger partial charge in [-0.3, -0.25) is 4.68 Å². The molecule has 1 saturated heterocycles. The molecule has 2 rings (SSSR count). The molecular formula is C11H18BrN3O. The predicted octanol–water partition coefficient (Wildman–Crippen LogP) is 1.54. The van der Waals surface area contributed by atoms with Gasteiger partial charge < -0.3 is 10.5 Å². The summed E-state index contributed by atoms with van der Waals surface area (Å²) in [5.74, 6) is 0. The molecule has 0 bridgehead atoms. The fourth-order valence-electron chi connectivity index (χ4n) is 2.21. The summed E-state index contributed by atoms with van der Waals surface area (Å²) in [5, 5.41) is 4.38. The second-order valence-electron chi connectivity index (χ2n) is 4.64. The van der Waals surface area contributed by atoms with Crippen LogP contribution in [-0.2, 0) is 18.2 Å². The highest BCUT2D eigenvalue weighted by atomic mass is 79.9. The summed E-state index contributed by atoms with van der Waals surface area (Å²) in [6, 6.07) is 0. The molecule has 0 radical (unpaired) electrons. The van der Waals surface area contributed by atoms with Crippen LogP contribution in [-0.4, -0.2) is 28.0 Å². The van der Waals surface area contributed by atoms with Gasteiger partial charge in [-0.2, -0.15) is 5.10 Å². The van der Waals surface area contributed by atoms with Crippen molar-refractivity contribution in [2.24, 2.45) is 12.8 Å². The number of aromatic nitrogens is 2. The Morgan fingerprint density at radius 2 is 2.38 bits per heavy atom. The maximum Gasteiger partial charge on any atom is 0.0738 e.